The van der Waals surface area contributed by atoms with E-state index < -0.39 is 5.91 Å². The molecule has 0 heterocycles. The van der Waals surface area contributed by atoms with Crippen LogP contribution >= 0.6 is 34.8 Å². The smallest absolute Gasteiger partial charge is 0.259 e. The number of nitrogen functional groups attached to an aromatic ring is 1. The van der Waals surface area contributed by atoms with E-state index in [1.807, 2.05) is 0 Å². The summed E-state index contributed by atoms with van der Waals surface area (Å²) in [6.45, 7) is 0. The number of anilines is 2. The first-order chi connectivity index (χ1) is 9.93. The summed E-state index contributed by atoms with van der Waals surface area (Å²) >= 11 is 17.9. The van der Waals surface area contributed by atoms with Crippen molar-refractivity contribution in [2.75, 3.05) is 18.2 Å². The summed E-state index contributed by atoms with van der Waals surface area (Å²) in [5.41, 5.74) is 6.66. The summed E-state index contributed by atoms with van der Waals surface area (Å²) in [6.07, 6.45) is 0. The zero-order valence-corrected chi connectivity index (χ0v) is 13.2. The Balaban J connectivity index is 2.42. The van der Waals surface area contributed by atoms with Gasteiger partial charge in [-0.05, 0) is 24.3 Å². The number of methoxy groups -OCH3 is 1. The van der Waals surface area contributed by atoms with Gasteiger partial charge in [-0.25, -0.2) is 0 Å². The summed E-state index contributed by atoms with van der Waals surface area (Å²) in [5, 5.41) is 3.52. The van der Waals surface area contributed by atoms with Crippen molar-refractivity contribution >= 4 is 52.1 Å². The minimum atomic E-state index is -0.476. The Kier molecular flexibility index (Phi) is 4.83. The number of nitrogens with two attached hydrogens (primary N) is 1. The molecule has 4 nitrogen and oxygen atoms in total. The summed E-state index contributed by atoms with van der Waals surface area (Å²) in [4.78, 5) is 12.4. The van der Waals surface area contributed by atoms with Crippen LogP contribution < -0.4 is 15.8 Å². The third-order valence-corrected chi connectivity index (χ3v) is 3.56. The van der Waals surface area contributed by atoms with Gasteiger partial charge in [0.2, 0.25) is 0 Å². The van der Waals surface area contributed by atoms with E-state index >= 15 is 0 Å². The number of halogens is 3. The Morgan fingerprint density at radius 3 is 2.52 bits per heavy atom. The molecule has 0 atom stereocenters. The second-order valence-electron chi connectivity index (χ2n) is 4.13. The minimum Gasteiger partial charge on any atom is -0.494 e. The maximum Gasteiger partial charge on any atom is 0.259 e. The molecule has 0 saturated carbocycles. The van der Waals surface area contributed by atoms with Crippen LogP contribution in [0, 0.1) is 0 Å². The lowest BCUT2D eigenvalue weighted by Gasteiger charge is -2.13. The molecule has 0 aromatic heterocycles. The quantitative estimate of drug-likeness (QED) is 0.806. The monoisotopic (exact) mass is 344 g/mol. The molecule has 0 spiro atoms. The number of ether oxygens (including phenoxy) is 1. The van der Waals surface area contributed by atoms with Crippen LogP contribution in [0.15, 0.2) is 30.3 Å². The highest BCUT2D eigenvalue weighted by Crippen LogP contribution is 2.34. The van der Waals surface area contributed by atoms with E-state index in [1.165, 1.54) is 19.2 Å². The average Bonchev–Trinajstić information content (AvgIpc) is 2.42. The summed E-state index contributed by atoms with van der Waals surface area (Å²) in [7, 11) is 1.41. The number of benzene rings is 2. The molecule has 110 valence electrons. The predicted octanol–water partition coefficient (Wildman–Crippen LogP) is 4.49. The van der Waals surface area contributed by atoms with E-state index in [-0.39, 0.29) is 16.3 Å². The molecule has 0 aliphatic carbocycles. The van der Waals surface area contributed by atoms with Crippen molar-refractivity contribution in [2.24, 2.45) is 0 Å². The molecule has 21 heavy (non-hydrogen) atoms. The van der Waals surface area contributed by atoms with Crippen molar-refractivity contribution in [3.8, 4) is 5.75 Å². The van der Waals surface area contributed by atoms with Crippen LogP contribution in [0.2, 0.25) is 15.1 Å². The molecule has 2 aromatic carbocycles. The van der Waals surface area contributed by atoms with E-state index in [0.29, 0.717) is 21.4 Å². The SMILES string of the molecule is COc1c(Cl)cc(Cl)cc1C(=O)Nc1c(N)cccc1Cl. The molecular formula is C14H11Cl3N2O2. The Bertz CT molecular complexity index is 685. The molecule has 0 aliphatic rings. The van der Waals surface area contributed by atoms with Gasteiger partial charge >= 0.3 is 0 Å². The maximum atomic E-state index is 12.4. The van der Waals surface area contributed by atoms with Crippen molar-refractivity contribution in [3.05, 3.63) is 51.0 Å². The first-order valence-electron chi connectivity index (χ1n) is 5.82. The topological polar surface area (TPSA) is 64.3 Å². The minimum absolute atomic E-state index is 0.189. The van der Waals surface area contributed by atoms with Crippen LogP contribution in [0.3, 0.4) is 0 Å². The Hall–Kier alpha value is -1.62. The van der Waals surface area contributed by atoms with Gasteiger partial charge in [0.1, 0.15) is 5.75 Å². The third kappa shape index (κ3) is 3.35. The van der Waals surface area contributed by atoms with E-state index in [4.69, 9.17) is 45.3 Å². The normalized spacial score (nSPS) is 10.3. The molecule has 0 radical (unpaired) electrons. The number of nitrogens with one attached hydrogen (secondary N) is 1. The number of hydrogen-bond acceptors (Lipinski definition) is 3. The van der Waals surface area contributed by atoms with Crippen LogP contribution in [-0.2, 0) is 0 Å². The lowest BCUT2D eigenvalue weighted by molar-refractivity contribution is 0.102. The second kappa shape index (κ2) is 6.43. The fourth-order valence-electron chi connectivity index (χ4n) is 1.79. The van der Waals surface area contributed by atoms with E-state index in [2.05, 4.69) is 5.32 Å². The van der Waals surface area contributed by atoms with Gasteiger partial charge in [-0.1, -0.05) is 40.9 Å². The predicted molar refractivity (Wildman–Crippen MR) is 86.8 cm³/mol. The van der Waals surface area contributed by atoms with Crippen molar-refractivity contribution in [1.82, 2.24) is 0 Å². The van der Waals surface area contributed by atoms with Gasteiger partial charge < -0.3 is 15.8 Å². The molecule has 0 bridgehead atoms. The number of rotatable bonds is 3. The largest absolute Gasteiger partial charge is 0.494 e. The Morgan fingerprint density at radius 2 is 1.90 bits per heavy atom. The number of carbonyl (C=O) groups is 1. The van der Waals surface area contributed by atoms with Gasteiger partial charge in [0, 0.05) is 5.02 Å². The molecule has 0 unspecified atom stereocenters. The van der Waals surface area contributed by atoms with Gasteiger partial charge in [-0.15, -0.1) is 0 Å². The molecule has 3 N–H and O–H groups in total. The Morgan fingerprint density at radius 1 is 1.19 bits per heavy atom. The number of para-hydroxylation sites is 1. The van der Waals surface area contributed by atoms with Crippen LogP contribution in [-0.4, -0.2) is 13.0 Å². The second-order valence-corrected chi connectivity index (χ2v) is 5.38. The highest BCUT2D eigenvalue weighted by molar-refractivity contribution is 6.37. The standard InChI is InChI=1S/C14H11Cl3N2O2/c1-21-13-8(5-7(15)6-10(13)17)14(20)19-12-9(16)3-2-4-11(12)18/h2-6H,18H2,1H3,(H,19,20). The Labute approximate surface area is 136 Å². The average molecular weight is 346 g/mol. The highest BCUT2D eigenvalue weighted by Gasteiger charge is 2.18. The zero-order valence-electron chi connectivity index (χ0n) is 10.9. The van der Waals surface area contributed by atoms with E-state index in [9.17, 15) is 4.79 Å². The fourth-order valence-corrected chi connectivity index (χ4v) is 2.59. The maximum absolute atomic E-state index is 12.4. The molecule has 0 fully saturated rings. The van der Waals surface area contributed by atoms with Crippen LogP contribution in [0.1, 0.15) is 10.4 Å². The van der Waals surface area contributed by atoms with E-state index in [0.717, 1.165) is 0 Å². The molecule has 2 rings (SSSR count). The van der Waals surface area contributed by atoms with Gasteiger partial charge in [0.25, 0.3) is 5.91 Å². The van der Waals surface area contributed by atoms with Gasteiger partial charge in [0.15, 0.2) is 0 Å². The van der Waals surface area contributed by atoms with Crippen LogP contribution in [0.4, 0.5) is 11.4 Å². The van der Waals surface area contributed by atoms with Gasteiger partial charge in [-0.3, -0.25) is 4.79 Å². The van der Waals surface area contributed by atoms with Crippen molar-refractivity contribution in [2.45, 2.75) is 0 Å². The molecule has 1 amide bonds. The van der Waals surface area contributed by atoms with Crippen molar-refractivity contribution < 1.29 is 9.53 Å². The number of carbonyl (C=O) groups excluding carboxylic acids is 1. The first kappa shape index (κ1) is 15.8. The number of amides is 1. The van der Waals surface area contributed by atoms with Crippen LogP contribution in [0.5, 0.6) is 5.75 Å². The fraction of sp³-hybridized carbons (Fsp3) is 0.0714. The molecule has 0 saturated heterocycles. The van der Waals surface area contributed by atoms with Crippen molar-refractivity contribution in [3.63, 3.8) is 0 Å². The van der Waals surface area contributed by atoms with Gasteiger partial charge in [0.05, 0.1) is 34.1 Å². The van der Waals surface area contributed by atoms with Gasteiger partial charge in [-0.2, -0.15) is 0 Å². The van der Waals surface area contributed by atoms with Crippen LogP contribution in [0.25, 0.3) is 0 Å². The molecule has 2 aromatic rings. The lowest BCUT2D eigenvalue weighted by Crippen LogP contribution is -2.15. The summed E-state index contributed by atoms with van der Waals surface area (Å²) in [5.74, 6) is -0.250. The number of hydrogen-bond donors (Lipinski definition) is 2. The molecule has 0 aliphatic heterocycles. The molecular weight excluding hydrogens is 335 g/mol. The van der Waals surface area contributed by atoms with Crippen molar-refractivity contribution in [1.29, 1.82) is 0 Å². The lowest BCUT2D eigenvalue weighted by atomic mass is 10.1. The highest BCUT2D eigenvalue weighted by atomic mass is 35.5. The summed E-state index contributed by atoms with van der Waals surface area (Å²) < 4.78 is 5.13. The first-order valence-corrected chi connectivity index (χ1v) is 6.95. The molecule has 7 heteroatoms. The summed E-state index contributed by atoms with van der Waals surface area (Å²) in [6, 6.07) is 7.88. The van der Waals surface area contributed by atoms with E-state index in [1.54, 1.807) is 18.2 Å². The zero-order chi connectivity index (χ0) is 15.6. The third-order valence-electron chi connectivity index (χ3n) is 2.74.